The van der Waals surface area contributed by atoms with Crippen molar-refractivity contribution in [3.63, 3.8) is 0 Å². The quantitative estimate of drug-likeness (QED) is 0.362. The van der Waals surface area contributed by atoms with Crippen LogP contribution < -0.4 is 0 Å². The Bertz CT molecular complexity index is 232. The Balaban J connectivity index is 1.83. The van der Waals surface area contributed by atoms with E-state index < -0.39 is 0 Å². The van der Waals surface area contributed by atoms with Crippen LogP contribution in [0.3, 0.4) is 0 Å². The summed E-state index contributed by atoms with van der Waals surface area (Å²) in [5.74, 6) is 0.994. The summed E-state index contributed by atoms with van der Waals surface area (Å²) in [6.07, 6.45) is 17.4. The first-order valence-corrected chi connectivity index (χ1v) is 8.98. The van der Waals surface area contributed by atoms with Crippen LogP contribution in [0, 0.1) is 5.92 Å². The van der Waals surface area contributed by atoms with Crippen LogP contribution in [-0.4, -0.2) is 12.6 Å². The highest BCUT2D eigenvalue weighted by molar-refractivity contribution is 5.69. The zero-order chi connectivity index (χ0) is 14.5. The SMILES string of the molecule is CCCCCCOC(=O)CCCCCC1CCCCC1. The van der Waals surface area contributed by atoms with Gasteiger partial charge < -0.3 is 4.74 Å². The molecular weight excluding hydrogens is 248 g/mol. The Morgan fingerprint density at radius 2 is 1.70 bits per heavy atom. The Hall–Kier alpha value is -0.530. The number of carbonyl (C=O) groups is 1. The first-order chi connectivity index (χ1) is 9.83. The third-order valence-corrected chi connectivity index (χ3v) is 4.48. The fourth-order valence-electron chi connectivity index (χ4n) is 3.14. The van der Waals surface area contributed by atoms with Crippen LogP contribution in [-0.2, 0) is 9.53 Å². The van der Waals surface area contributed by atoms with Gasteiger partial charge in [-0.2, -0.15) is 0 Å². The minimum atomic E-state index is 0.0131. The lowest BCUT2D eigenvalue weighted by Crippen LogP contribution is -2.07. The maximum absolute atomic E-state index is 11.5. The summed E-state index contributed by atoms with van der Waals surface area (Å²) in [5, 5.41) is 0. The Kier molecular flexibility index (Phi) is 10.7. The van der Waals surface area contributed by atoms with Crippen molar-refractivity contribution in [3.05, 3.63) is 0 Å². The molecule has 1 rings (SSSR count). The molecule has 0 aromatic carbocycles. The molecule has 1 fully saturated rings. The van der Waals surface area contributed by atoms with Gasteiger partial charge in [0, 0.05) is 6.42 Å². The van der Waals surface area contributed by atoms with Gasteiger partial charge in [0.25, 0.3) is 0 Å². The van der Waals surface area contributed by atoms with Crippen molar-refractivity contribution >= 4 is 5.97 Å². The van der Waals surface area contributed by atoms with Gasteiger partial charge in [0.1, 0.15) is 0 Å². The van der Waals surface area contributed by atoms with Gasteiger partial charge in [0.05, 0.1) is 6.61 Å². The number of hydrogen-bond acceptors (Lipinski definition) is 2. The van der Waals surface area contributed by atoms with Crippen LogP contribution >= 0.6 is 0 Å². The lowest BCUT2D eigenvalue weighted by Gasteiger charge is -2.21. The summed E-state index contributed by atoms with van der Waals surface area (Å²) in [5.41, 5.74) is 0. The average Bonchev–Trinajstić information content (AvgIpc) is 2.48. The molecule has 20 heavy (non-hydrogen) atoms. The van der Waals surface area contributed by atoms with E-state index in [9.17, 15) is 4.79 Å². The molecule has 118 valence electrons. The number of rotatable bonds is 11. The molecule has 0 unspecified atom stereocenters. The lowest BCUT2D eigenvalue weighted by molar-refractivity contribution is -0.143. The van der Waals surface area contributed by atoms with Gasteiger partial charge in [-0.3, -0.25) is 4.79 Å². The Morgan fingerprint density at radius 1 is 0.950 bits per heavy atom. The van der Waals surface area contributed by atoms with E-state index in [4.69, 9.17) is 4.74 Å². The van der Waals surface area contributed by atoms with Crippen molar-refractivity contribution in [2.45, 2.75) is 96.8 Å². The van der Waals surface area contributed by atoms with Crippen molar-refractivity contribution in [1.29, 1.82) is 0 Å². The minimum Gasteiger partial charge on any atom is -0.466 e. The van der Waals surface area contributed by atoms with Crippen molar-refractivity contribution in [3.8, 4) is 0 Å². The third kappa shape index (κ3) is 9.39. The average molecular weight is 282 g/mol. The van der Waals surface area contributed by atoms with Crippen LogP contribution in [0.1, 0.15) is 96.8 Å². The molecule has 1 saturated carbocycles. The second kappa shape index (κ2) is 12.2. The predicted octanol–water partition coefficient (Wildman–Crippen LogP) is 5.64. The fourth-order valence-corrected chi connectivity index (χ4v) is 3.14. The summed E-state index contributed by atoms with van der Waals surface area (Å²) < 4.78 is 5.25. The molecule has 0 N–H and O–H groups in total. The fraction of sp³-hybridized carbons (Fsp3) is 0.944. The summed E-state index contributed by atoms with van der Waals surface area (Å²) in [7, 11) is 0. The number of carbonyl (C=O) groups excluding carboxylic acids is 1. The molecule has 0 saturated heterocycles. The summed E-state index contributed by atoms with van der Waals surface area (Å²) in [6.45, 7) is 2.82. The van der Waals surface area contributed by atoms with E-state index in [-0.39, 0.29) is 5.97 Å². The van der Waals surface area contributed by atoms with Crippen molar-refractivity contribution in [2.24, 2.45) is 5.92 Å². The van der Waals surface area contributed by atoms with Gasteiger partial charge in [0.15, 0.2) is 0 Å². The number of esters is 1. The number of unbranched alkanes of at least 4 members (excludes halogenated alkanes) is 5. The molecule has 0 heterocycles. The molecular formula is C18H34O2. The topological polar surface area (TPSA) is 26.3 Å². The van der Waals surface area contributed by atoms with Crippen LogP contribution in [0.2, 0.25) is 0 Å². The van der Waals surface area contributed by atoms with E-state index in [1.807, 2.05) is 0 Å². The van der Waals surface area contributed by atoms with E-state index in [1.165, 1.54) is 70.6 Å². The van der Waals surface area contributed by atoms with Crippen molar-refractivity contribution in [2.75, 3.05) is 6.61 Å². The van der Waals surface area contributed by atoms with Gasteiger partial charge in [-0.1, -0.05) is 77.6 Å². The smallest absolute Gasteiger partial charge is 0.305 e. The van der Waals surface area contributed by atoms with Crippen molar-refractivity contribution in [1.82, 2.24) is 0 Å². The molecule has 1 aliphatic carbocycles. The summed E-state index contributed by atoms with van der Waals surface area (Å²) in [4.78, 5) is 11.5. The zero-order valence-corrected chi connectivity index (χ0v) is 13.5. The Labute approximate surface area is 125 Å². The normalized spacial score (nSPS) is 16.2. The standard InChI is InChI=1S/C18H34O2/c1-2-3-4-11-16-20-18(19)15-10-6-9-14-17-12-7-5-8-13-17/h17H,2-16H2,1H3. The summed E-state index contributed by atoms with van der Waals surface area (Å²) in [6, 6.07) is 0. The van der Waals surface area contributed by atoms with Crippen LogP contribution in [0.5, 0.6) is 0 Å². The second-order valence-corrected chi connectivity index (χ2v) is 6.38. The molecule has 1 aliphatic rings. The minimum absolute atomic E-state index is 0.0131. The molecule has 0 radical (unpaired) electrons. The maximum atomic E-state index is 11.5. The first kappa shape index (κ1) is 17.5. The molecule has 0 atom stereocenters. The highest BCUT2D eigenvalue weighted by Crippen LogP contribution is 2.27. The molecule has 0 amide bonds. The van der Waals surface area contributed by atoms with E-state index in [1.54, 1.807) is 0 Å². The van der Waals surface area contributed by atoms with Crippen LogP contribution in [0.25, 0.3) is 0 Å². The predicted molar refractivity (Wildman–Crippen MR) is 84.8 cm³/mol. The van der Waals surface area contributed by atoms with Gasteiger partial charge in [-0.05, 0) is 18.8 Å². The lowest BCUT2D eigenvalue weighted by atomic mass is 9.85. The van der Waals surface area contributed by atoms with Crippen LogP contribution in [0.15, 0.2) is 0 Å². The van der Waals surface area contributed by atoms with E-state index in [0.29, 0.717) is 13.0 Å². The van der Waals surface area contributed by atoms with Gasteiger partial charge in [-0.25, -0.2) is 0 Å². The van der Waals surface area contributed by atoms with Gasteiger partial charge >= 0.3 is 5.97 Å². The van der Waals surface area contributed by atoms with E-state index in [2.05, 4.69) is 6.92 Å². The monoisotopic (exact) mass is 282 g/mol. The highest BCUT2D eigenvalue weighted by Gasteiger charge is 2.12. The first-order valence-electron chi connectivity index (χ1n) is 8.98. The van der Waals surface area contributed by atoms with Crippen LogP contribution in [0.4, 0.5) is 0 Å². The summed E-state index contributed by atoms with van der Waals surface area (Å²) >= 11 is 0. The second-order valence-electron chi connectivity index (χ2n) is 6.38. The van der Waals surface area contributed by atoms with Gasteiger partial charge in [0.2, 0.25) is 0 Å². The van der Waals surface area contributed by atoms with Gasteiger partial charge in [-0.15, -0.1) is 0 Å². The van der Waals surface area contributed by atoms with Crippen molar-refractivity contribution < 1.29 is 9.53 Å². The molecule has 0 bridgehead atoms. The van der Waals surface area contributed by atoms with E-state index in [0.717, 1.165) is 18.8 Å². The molecule has 2 heteroatoms. The molecule has 0 spiro atoms. The molecule has 0 aromatic heterocycles. The highest BCUT2D eigenvalue weighted by atomic mass is 16.5. The maximum Gasteiger partial charge on any atom is 0.305 e. The Morgan fingerprint density at radius 3 is 2.45 bits per heavy atom. The number of hydrogen-bond donors (Lipinski definition) is 0. The zero-order valence-electron chi connectivity index (χ0n) is 13.5. The number of ether oxygens (including phenoxy) is 1. The van der Waals surface area contributed by atoms with E-state index >= 15 is 0 Å². The molecule has 0 aliphatic heterocycles. The third-order valence-electron chi connectivity index (χ3n) is 4.48. The largest absolute Gasteiger partial charge is 0.466 e. The molecule has 2 nitrogen and oxygen atoms in total. The molecule has 0 aromatic rings.